The van der Waals surface area contributed by atoms with Gasteiger partial charge in [-0.2, -0.15) is 0 Å². The van der Waals surface area contributed by atoms with E-state index in [1.165, 1.54) is 11.1 Å². The van der Waals surface area contributed by atoms with Gasteiger partial charge in [-0.3, -0.25) is 0 Å². The van der Waals surface area contributed by atoms with E-state index in [4.69, 9.17) is 9.47 Å². The Morgan fingerprint density at radius 3 is 2.63 bits per heavy atom. The zero-order valence-corrected chi connectivity index (χ0v) is 11.3. The Kier molecular flexibility index (Phi) is 4.39. The van der Waals surface area contributed by atoms with Crippen LogP contribution in [-0.4, -0.2) is 19.7 Å². The van der Waals surface area contributed by atoms with E-state index in [9.17, 15) is 4.79 Å². The maximum absolute atomic E-state index is 11.4. The zero-order chi connectivity index (χ0) is 13.7. The van der Waals surface area contributed by atoms with Crippen LogP contribution >= 0.6 is 0 Å². The first-order valence-electron chi connectivity index (χ1n) is 6.45. The molecule has 0 fully saturated rings. The van der Waals surface area contributed by atoms with Crippen LogP contribution in [-0.2, 0) is 9.53 Å². The summed E-state index contributed by atoms with van der Waals surface area (Å²) in [6.07, 6.45) is 5.50. The van der Waals surface area contributed by atoms with Crippen molar-refractivity contribution in [3.63, 3.8) is 0 Å². The van der Waals surface area contributed by atoms with Gasteiger partial charge in [0.25, 0.3) is 0 Å². The maximum Gasteiger partial charge on any atom is 0.331 e. The van der Waals surface area contributed by atoms with Crippen LogP contribution in [0.15, 0.2) is 42.0 Å². The number of methoxy groups -OCH3 is 1. The summed E-state index contributed by atoms with van der Waals surface area (Å²) in [5.41, 5.74) is 3.45. The van der Waals surface area contributed by atoms with Gasteiger partial charge in [-0.25, -0.2) is 4.79 Å². The minimum atomic E-state index is -0.260. The lowest BCUT2D eigenvalue weighted by Gasteiger charge is -2.03. The summed E-state index contributed by atoms with van der Waals surface area (Å²) in [6, 6.07) is 7.97. The van der Waals surface area contributed by atoms with E-state index in [0.717, 1.165) is 24.2 Å². The number of carbonyl (C=O) groups is 1. The average molecular weight is 258 g/mol. The molecular formula is C16H18O3. The molecule has 0 saturated heterocycles. The van der Waals surface area contributed by atoms with Crippen LogP contribution < -0.4 is 4.74 Å². The molecular weight excluding hydrogens is 240 g/mol. The van der Waals surface area contributed by atoms with Crippen LogP contribution in [0.3, 0.4) is 0 Å². The van der Waals surface area contributed by atoms with Gasteiger partial charge in [-0.05, 0) is 48.6 Å². The molecule has 1 aromatic carbocycles. The number of hydrogen-bond acceptors (Lipinski definition) is 3. The maximum atomic E-state index is 11.4. The summed E-state index contributed by atoms with van der Waals surface area (Å²) >= 11 is 0. The van der Waals surface area contributed by atoms with Crippen LogP contribution in [0.25, 0.3) is 5.57 Å². The molecule has 0 radical (unpaired) electrons. The molecule has 1 aliphatic carbocycles. The molecule has 0 aliphatic heterocycles. The second kappa shape index (κ2) is 6.23. The summed E-state index contributed by atoms with van der Waals surface area (Å²) in [5, 5.41) is 0. The van der Waals surface area contributed by atoms with Gasteiger partial charge in [0.1, 0.15) is 5.75 Å². The van der Waals surface area contributed by atoms with Crippen molar-refractivity contribution in [3.05, 3.63) is 47.6 Å². The van der Waals surface area contributed by atoms with Crippen molar-refractivity contribution in [3.8, 4) is 5.75 Å². The highest BCUT2D eigenvalue weighted by atomic mass is 16.5. The van der Waals surface area contributed by atoms with E-state index in [-0.39, 0.29) is 5.97 Å². The molecule has 0 bridgehead atoms. The summed E-state index contributed by atoms with van der Waals surface area (Å²) in [5.74, 6) is 0.592. The van der Waals surface area contributed by atoms with Crippen molar-refractivity contribution in [2.24, 2.45) is 0 Å². The van der Waals surface area contributed by atoms with Crippen LogP contribution in [0.2, 0.25) is 0 Å². The summed E-state index contributed by atoms with van der Waals surface area (Å²) in [7, 11) is 1.66. The number of ether oxygens (including phenoxy) is 2. The van der Waals surface area contributed by atoms with Crippen molar-refractivity contribution in [2.45, 2.75) is 19.8 Å². The van der Waals surface area contributed by atoms with Gasteiger partial charge < -0.3 is 9.47 Å². The Balaban J connectivity index is 2.11. The standard InChI is InChI=1S/C16H18O3/c1-3-19-16(17)11-12-4-5-14(10-12)13-6-8-15(18-2)9-7-13/h6-11H,3-5H2,1-2H3/b12-11+. The van der Waals surface area contributed by atoms with Gasteiger partial charge in [0.05, 0.1) is 13.7 Å². The van der Waals surface area contributed by atoms with Crippen LogP contribution in [0, 0.1) is 0 Å². The molecule has 0 saturated carbocycles. The molecule has 0 unspecified atom stereocenters. The molecule has 19 heavy (non-hydrogen) atoms. The molecule has 3 heteroatoms. The topological polar surface area (TPSA) is 35.5 Å². The zero-order valence-electron chi connectivity index (χ0n) is 11.3. The van der Waals surface area contributed by atoms with Gasteiger partial charge in [0.15, 0.2) is 0 Å². The largest absolute Gasteiger partial charge is 0.497 e. The smallest absolute Gasteiger partial charge is 0.331 e. The highest BCUT2D eigenvalue weighted by Gasteiger charge is 2.12. The second-order valence-electron chi connectivity index (χ2n) is 4.37. The number of hydrogen-bond donors (Lipinski definition) is 0. The van der Waals surface area contributed by atoms with Gasteiger partial charge in [0.2, 0.25) is 0 Å². The molecule has 0 spiro atoms. The Hall–Kier alpha value is -2.03. The van der Waals surface area contributed by atoms with Gasteiger partial charge >= 0.3 is 5.97 Å². The molecule has 1 aliphatic rings. The van der Waals surface area contributed by atoms with Gasteiger partial charge in [0, 0.05) is 6.08 Å². The van der Waals surface area contributed by atoms with E-state index in [0.29, 0.717) is 6.61 Å². The number of benzene rings is 1. The number of esters is 1. The molecule has 0 amide bonds. The third-order valence-corrected chi connectivity index (χ3v) is 3.09. The molecule has 0 N–H and O–H groups in total. The predicted molar refractivity (Wildman–Crippen MR) is 74.9 cm³/mol. The molecule has 3 nitrogen and oxygen atoms in total. The first kappa shape index (κ1) is 13.4. The SMILES string of the molecule is CCOC(=O)/C=C1/C=C(c2ccc(OC)cc2)CC1. The first-order valence-corrected chi connectivity index (χ1v) is 6.45. The van der Waals surface area contributed by atoms with Crippen LogP contribution in [0.1, 0.15) is 25.3 Å². The van der Waals surface area contributed by atoms with E-state index < -0.39 is 0 Å². The van der Waals surface area contributed by atoms with Crippen molar-refractivity contribution in [1.82, 2.24) is 0 Å². The minimum absolute atomic E-state index is 0.260. The Morgan fingerprint density at radius 1 is 1.26 bits per heavy atom. The fraction of sp³-hybridized carbons (Fsp3) is 0.312. The van der Waals surface area contributed by atoms with Crippen molar-refractivity contribution < 1.29 is 14.3 Å². The number of carbonyl (C=O) groups excluding carboxylic acids is 1. The molecule has 100 valence electrons. The van der Waals surface area contributed by atoms with E-state index in [1.54, 1.807) is 13.2 Å². The summed E-state index contributed by atoms with van der Waals surface area (Å²) in [4.78, 5) is 11.4. The minimum Gasteiger partial charge on any atom is -0.497 e. The molecule has 0 aromatic heterocycles. The number of allylic oxidation sites excluding steroid dienone is 3. The third kappa shape index (κ3) is 3.47. The van der Waals surface area contributed by atoms with Gasteiger partial charge in [-0.15, -0.1) is 0 Å². The molecule has 0 atom stereocenters. The van der Waals surface area contributed by atoms with E-state index in [2.05, 4.69) is 6.08 Å². The van der Waals surface area contributed by atoms with Crippen molar-refractivity contribution in [1.29, 1.82) is 0 Å². The quantitative estimate of drug-likeness (QED) is 0.613. The lowest BCUT2D eigenvalue weighted by atomic mass is 10.1. The van der Waals surface area contributed by atoms with Gasteiger partial charge in [-0.1, -0.05) is 18.2 Å². The first-order chi connectivity index (χ1) is 9.22. The summed E-state index contributed by atoms with van der Waals surface area (Å²) < 4.78 is 10.1. The lowest BCUT2D eigenvalue weighted by Crippen LogP contribution is -1.99. The normalized spacial score (nSPS) is 16.3. The van der Waals surface area contributed by atoms with Crippen LogP contribution in [0.4, 0.5) is 0 Å². The Labute approximate surface area is 113 Å². The molecule has 1 aromatic rings. The Bertz CT molecular complexity index is 509. The average Bonchev–Trinajstić information content (AvgIpc) is 2.87. The highest BCUT2D eigenvalue weighted by Crippen LogP contribution is 2.31. The van der Waals surface area contributed by atoms with E-state index in [1.807, 2.05) is 31.2 Å². The fourth-order valence-electron chi connectivity index (χ4n) is 2.13. The molecule has 0 heterocycles. The second-order valence-corrected chi connectivity index (χ2v) is 4.37. The molecule has 2 rings (SSSR count). The Morgan fingerprint density at radius 2 is 2.00 bits per heavy atom. The van der Waals surface area contributed by atoms with Crippen LogP contribution in [0.5, 0.6) is 5.75 Å². The lowest BCUT2D eigenvalue weighted by molar-refractivity contribution is -0.137. The highest BCUT2D eigenvalue weighted by molar-refractivity contribution is 5.85. The number of rotatable bonds is 4. The summed E-state index contributed by atoms with van der Waals surface area (Å²) in [6.45, 7) is 2.22. The van der Waals surface area contributed by atoms with Crippen molar-refractivity contribution >= 4 is 11.5 Å². The monoisotopic (exact) mass is 258 g/mol. The van der Waals surface area contributed by atoms with E-state index >= 15 is 0 Å². The predicted octanol–water partition coefficient (Wildman–Crippen LogP) is 3.36. The third-order valence-electron chi connectivity index (χ3n) is 3.09. The van der Waals surface area contributed by atoms with Crippen molar-refractivity contribution in [2.75, 3.05) is 13.7 Å². The fourth-order valence-corrected chi connectivity index (χ4v) is 2.13.